The SMILES string of the molecule is CCN(CC)CCCNCc1cnn2ccncc12. The number of hydrogen-bond acceptors (Lipinski definition) is 4. The molecule has 2 aromatic rings. The summed E-state index contributed by atoms with van der Waals surface area (Å²) in [5, 5.41) is 7.78. The van der Waals surface area contributed by atoms with E-state index in [2.05, 4.69) is 34.1 Å². The summed E-state index contributed by atoms with van der Waals surface area (Å²) in [7, 11) is 0. The fraction of sp³-hybridized carbons (Fsp3) is 0.571. The zero-order valence-corrected chi connectivity index (χ0v) is 11.8. The molecule has 0 bridgehead atoms. The van der Waals surface area contributed by atoms with Crippen LogP contribution in [-0.4, -0.2) is 45.7 Å². The average Bonchev–Trinajstić information content (AvgIpc) is 2.86. The Morgan fingerprint density at radius 2 is 2.11 bits per heavy atom. The van der Waals surface area contributed by atoms with E-state index in [1.165, 1.54) is 12.0 Å². The topological polar surface area (TPSA) is 45.5 Å². The van der Waals surface area contributed by atoms with E-state index in [0.29, 0.717) is 0 Å². The number of rotatable bonds is 8. The third-order valence-corrected chi connectivity index (χ3v) is 3.44. The summed E-state index contributed by atoms with van der Waals surface area (Å²) in [5.41, 5.74) is 2.29. The fourth-order valence-electron chi connectivity index (χ4n) is 2.21. The van der Waals surface area contributed by atoms with Crippen LogP contribution in [0.2, 0.25) is 0 Å². The summed E-state index contributed by atoms with van der Waals surface area (Å²) in [5.74, 6) is 0. The van der Waals surface area contributed by atoms with E-state index in [1.54, 1.807) is 6.20 Å². The van der Waals surface area contributed by atoms with E-state index < -0.39 is 0 Å². The smallest absolute Gasteiger partial charge is 0.0889 e. The second-order valence-corrected chi connectivity index (χ2v) is 4.63. The minimum absolute atomic E-state index is 0.855. The Bertz CT molecular complexity index is 489. The van der Waals surface area contributed by atoms with Crippen LogP contribution in [0.15, 0.2) is 24.8 Å². The van der Waals surface area contributed by atoms with Gasteiger partial charge in [-0.2, -0.15) is 5.10 Å². The molecule has 0 aliphatic rings. The number of nitrogens with one attached hydrogen (secondary N) is 1. The van der Waals surface area contributed by atoms with E-state index in [9.17, 15) is 0 Å². The Hall–Kier alpha value is -1.46. The van der Waals surface area contributed by atoms with Crippen molar-refractivity contribution in [2.45, 2.75) is 26.8 Å². The zero-order valence-electron chi connectivity index (χ0n) is 11.8. The van der Waals surface area contributed by atoms with Crippen molar-refractivity contribution < 1.29 is 0 Å². The van der Waals surface area contributed by atoms with Gasteiger partial charge in [0.15, 0.2) is 0 Å². The van der Waals surface area contributed by atoms with Gasteiger partial charge < -0.3 is 10.2 Å². The summed E-state index contributed by atoms with van der Waals surface area (Å²) in [6.45, 7) is 9.75. The number of fused-ring (bicyclic) bond motifs is 1. The molecule has 0 amide bonds. The molecule has 0 saturated heterocycles. The van der Waals surface area contributed by atoms with Crippen LogP contribution >= 0.6 is 0 Å². The first kappa shape index (κ1) is 14.0. The average molecular weight is 261 g/mol. The van der Waals surface area contributed by atoms with Gasteiger partial charge in [-0.05, 0) is 32.6 Å². The molecule has 104 valence electrons. The largest absolute Gasteiger partial charge is 0.312 e. The fourth-order valence-corrected chi connectivity index (χ4v) is 2.21. The maximum atomic E-state index is 4.30. The Kier molecular flexibility index (Phi) is 5.30. The first-order valence-electron chi connectivity index (χ1n) is 7.04. The Labute approximate surface area is 114 Å². The molecule has 5 heteroatoms. The van der Waals surface area contributed by atoms with E-state index in [-0.39, 0.29) is 0 Å². The van der Waals surface area contributed by atoms with Crippen LogP contribution in [0.5, 0.6) is 0 Å². The van der Waals surface area contributed by atoms with Crippen molar-refractivity contribution in [3.63, 3.8) is 0 Å². The third-order valence-electron chi connectivity index (χ3n) is 3.44. The molecular weight excluding hydrogens is 238 g/mol. The predicted molar refractivity (Wildman–Crippen MR) is 77.1 cm³/mol. The number of hydrogen-bond donors (Lipinski definition) is 1. The van der Waals surface area contributed by atoms with E-state index in [0.717, 1.165) is 38.2 Å². The van der Waals surface area contributed by atoms with Gasteiger partial charge in [0.1, 0.15) is 0 Å². The second kappa shape index (κ2) is 7.21. The summed E-state index contributed by atoms with van der Waals surface area (Å²) in [6, 6.07) is 0. The third kappa shape index (κ3) is 3.75. The monoisotopic (exact) mass is 261 g/mol. The minimum Gasteiger partial charge on any atom is -0.312 e. The molecule has 0 aliphatic heterocycles. The first-order valence-corrected chi connectivity index (χ1v) is 7.04. The maximum absolute atomic E-state index is 4.30. The van der Waals surface area contributed by atoms with Gasteiger partial charge in [0.05, 0.1) is 17.9 Å². The van der Waals surface area contributed by atoms with Crippen molar-refractivity contribution in [1.29, 1.82) is 0 Å². The van der Waals surface area contributed by atoms with Crippen LogP contribution in [0, 0.1) is 0 Å². The molecular formula is C14H23N5. The molecule has 0 aliphatic carbocycles. The van der Waals surface area contributed by atoms with Gasteiger partial charge in [-0.1, -0.05) is 13.8 Å². The van der Waals surface area contributed by atoms with E-state index in [4.69, 9.17) is 0 Å². The van der Waals surface area contributed by atoms with Gasteiger partial charge in [0.2, 0.25) is 0 Å². The first-order chi connectivity index (χ1) is 9.35. The molecule has 5 nitrogen and oxygen atoms in total. The highest BCUT2D eigenvalue weighted by Crippen LogP contribution is 2.07. The van der Waals surface area contributed by atoms with Gasteiger partial charge in [-0.3, -0.25) is 4.98 Å². The lowest BCUT2D eigenvalue weighted by Crippen LogP contribution is -2.27. The van der Waals surface area contributed by atoms with Gasteiger partial charge in [-0.25, -0.2) is 4.52 Å². The summed E-state index contributed by atoms with van der Waals surface area (Å²) < 4.78 is 1.86. The van der Waals surface area contributed by atoms with E-state index >= 15 is 0 Å². The van der Waals surface area contributed by atoms with Crippen molar-refractivity contribution >= 4 is 5.52 Å². The molecule has 0 spiro atoms. The van der Waals surface area contributed by atoms with Crippen LogP contribution in [-0.2, 0) is 6.54 Å². The maximum Gasteiger partial charge on any atom is 0.0889 e. The van der Waals surface area contributed by atoms with Crippen LogP contribution < -0.4 is 5.32 Å². The Balaban J connectivity index is 1.74. The van der Waals surface area contributed by atoms with Crippen molar-refractivity contribution in [3.8, 4) is 0 Å². The molecule has 2 heterocycles. The standard InChI is InChI=1S/C14H23N5/c1-3-18(4-2)8-5-6-15-10-13-11-17-19-9-7-16-12-14(13)19/h7,9,11-12,15H,3-6,8,10H2,1-2H3. The minimum atomic E-state index is 0.855. The second-order valence-electron chi connectivity index (χ2n) is 4.63. The molecule has 0 radical (unpaired) electrons. The highest BCUT2D eigenvalue weighted by atomic mass is 15.2. The van der Waals surface area contributed by atoms with Crippen LogP contribution in [0.4, 0.5) is 0 Å². The zero-order chi connectivity index (χ0) is 13.5. The van der Waals surface area contributed by atoms with Gasteiger partial charge in [0, 0.05) is 24.5 Å². The predicted octanol–water partition coefficient (Wildman–Crippen LogP) is 1.55. The Morgan fingerprint density at radius 3 is 2.89 bits per heavy atom. The van der Waals surface area contributed by atoms with Gasteiger partial charge in [0.25, 0.3) is 0 Å². The summed E-state index contributed by atoms with van der Waals surface area (Å²) in [6.07, 6.45) is 8.58. The lowest BCUT2D eigenvalue weighted by atomic mass is 10.3. The highest BCUT2D eigenvalue weighted by Gasteiger charge is 2.03. The van der Waals surface area contributed by atoms with Crippen LogP contribution in [0.1, 0.15) is 25.8 Å². The van der Waals surface area contributed by atoms with Gasteiger partial charge in [-0.15, -0.1) is 0 Å². The van der Waals surface area contributed by atoms with Gasteiger partial charge >= 0.3 is 0 Å². The van der Waals surface area contributed by atoms with Crippen LogP contribution in [0.3, 0.4) is 0 Å². The molecule has 0 fully saturated rings. The normalized spacial score (nSPS) is 11.5. The van der Waals surface area contributed by atoms with Crippen LogP contribution in [0.25, 0.3) is 5.52 Å². The quantitative estimate of drug-likeness (QED) is 0.732. The molecule has 2 aromatic heterocycles. The number of nitrogens with zero attached hydrogens (tertiary/aromatic N) is 4. The summed E-state index contributed by atoms with van der Waals surface area (Å²) >= 11 is 0. The molecule has 0 atom stereocenters. The van der Waals surface area contributed by atoms with Crippen molar-refractivity contribution in [2.75, 3.05) is 26.2 Å². The lowest BCUT2D eigenvalue weighted by molar-refractivity contribution is 0.298. The highest BCUT2D eigenvalue weighted by molar-refractivity contribution is 5.51. The number of aromatic nitrogens is 3. The molecule has 0 unspecified atom stereocenters. The summed E-state index contributed by atoms with van der Waals surface area (Å²) in [4.78, 5) is 6.59. The molecule has 2 rings (SSSR count). The Morgan fingerprint density at radius 1 is 1.26 bits per heavy atom. The van der Waals surface area contributed by atoms with Crippen molar-refractivity contribution in [1.82, 2.24) is 24.8 Å². The molecule has 0 saturated carbocycles. The molecule has 0 aromatic carbocycles. The molecule has 19 heavy (non-hydrogen) atoms. The van der Waals surface area contributed by atoms with E-state index in [1.807, 2.05) is 23.1 Å². The van der Waals surface area contributed by atoms with Crippen molar-refractivity contribution in [3.05, 3.63) is 30.4 Å². The lowest BCUT2D eigenvalue weighted by Gasteiger charge is -2.17. The van der Waals surface area contributed by atoms with Crippen molar-refractivity contribution in [2.24, 2.45) is 0 Å². The molecule has 1 N–H and O–H groups in total.